The minimum absolute atomic E-state index is 0. The van der Waals surface area contributed by atoms with Crippen LogP contribution in [-0.2, 0) is 4.74 Å². The lowest BCUT2D eigenvalue weighted by Gasteiger charge is -2.30. The first-order valence-corrected chi connectivity index (χ1v) is 6.72. The minimum Gasteiger partial charge on any atom is -0.449 e. The average molecular weight is 355 g/mol. The average Bonchev–Trinajstić information content (AvgIpc) is 2.74. The van der Waals surface area contributed by atoms with Gasteiger partial charge in [-0.1, -0.05) is 0 Å². The van der Waals surface area contributed by atoms with Crippen LogP contribution in [0.3, 0.4) is 0 Å². The lowest BCUT2D eigenvalue weighted by Crippen LogP contribution is -2.43. The number of halogens is 2. The van der Waals surface area contributed by atoms with E-state index in [0.29, 0.717) is 5.69 Å². The van der Waals surface area contributed by atoms with Crippen molar-refractivity contribution in [1.82, 2.24) is 4.90 Å². The Kier molecular flexibility index (Phi) is 8.28. The number of anilines is 1. The van der Waals surface area contributed by atoms with Crippen LogP contribution in [0.4, 0.5) is 5.69 Å². The number of hydrogen-bond donors (Lipinski definition) is 1. The van der Waals surface area contributed by atoms with E-state index in [1.807, 2.05) is 25.1 Å². The number of ether oxygens (including phenoxy) is 3. The van der Waals surface area contributed by atoms with Gasteiger partial charge in [0.2, 0.25) is 5.79 Å². The first-order chi connectivity index (χ1) is 9.15. The first-order valence-electron chi connectivity index (χ1n) is 6.72. The third-order valence-corrected chi connectivity index (χ3v) is 3.61. The molecule has 1 aromatic carbocycles. The van der Waals surface area contributed by atoms with Crippen molar-refractivity contribution in [3.05, 3.63) is 18.2 Å². The van der Waals surface area contributed by atoms with Gasteiger partial charge in [0.15, 0.2) is 11.5 Å². The van der Waals surface area contributed by atoms with Gasteiger partial charge in [-0.25, -0.2) is 0 Å². The second kappa shape index (κ2) is 8.64. The van der Waals surface area contributed by atoms with E-state index in [1.165, 1.54) is 0 Å². The minimum atomic E-state index is -0.589. The van der Waals surface area contributed by atoms with E-state index < -0.39 is 5.79 Å². The summed E-state index contributed by atoms with van der Waals surface area (Å²) >= 11 is 0. The molecule has 1 fully saturated rings. The Bertz CT molecular complexity index is 472. The maximum atomic E-state index is 5.91. The molecule has 1 atom stereocenters. The summed E-state index contributed by atoms with van der Waals surface area (Å²) < 4.78 is 17.2. The molecule has 4 N–H and O–H groups in total. The van der Waals surface area contributed by atoms with E-state index in [0.717, 1.165) is 50.8 Å². The van der Waals surface area contributed by atoms with Crippen LogP contribution in [0.15, 0.2) is 18.2 Å². The molecular weight excluding hydrogens is 331 g/mol. The molecule has 128 valence electrons. The highest BCUT2D eigenvalue weighted by Gasteiger charge is 2.37. The normalized spacial score (nSPS) is 23.0. The molecule has 0 aromatic heterocycles. The molecular formula is C14H24Cl2N2O4. The van der Waals surface area contributed by atoms with Gasteiger partial charge in [0.05, 0.1) is 13.2 Å². The molecule has 1 unspecified atom stereocenters. The molecule has 2 aliphatic rings. The molecule has 0 aliphatic carbocycles. The Hall–Kier alpha value is -0.920. The van der Waals surface area contributed by atoms with Crippen LogP contribution in [-0.4, -0.2) is 49.0 Å². The summed E-state index contributed by atoms with van der Waals surface area (Å²) in [6.45, 7) is 6.52. The fraction of sp³-hybridized carbons (Fsp3) is 0.571. The van der Waals surface area contributed by atoms with Crippen molar-refractivity contribution >= 4 is 30.5 Å². The van der Waals surface area contributed by atoms with Crippen molar-refractivity contribution < 1.29 is 19.7 Å². The third-order valence-electron chi connectivity index (χ3n) is 3.61. The van der Waals surface area contributed by atoms with Crippen LogP contribution in [0.1, 0.15) is 13.3 Å². The zero-order chi connectivity index (χ0) is 13.3. The molecule has 2 heterocycles. The number of fused-ring (bicyclic) bond motifs is 1. The molecule has 0 spiro atoms. The van der Waals surface area contributed by atoms with E-state index in [1.54, 1.807) is 0 Å². The van der Waals surface area contributed by atoms with Crippen LogP contribution in [0, 0.1) is 0 Å². The Morgan fingerprint density at radius 2 is 1.77 bits per heavy atom. The highest BCUT2D eigenvalue weighted by atomic mass is 35.5. The number of rotatable bonds is 3. The van der Waals surface area contributed by atoms with Gasteiger partial charge in [0.25, 0.3) is 0 Å². The predicted molar refractivity (Wildman–Crippen MR) is 90.5 cm³/mol. The van der Waals surface area contributed by atoms with Crippen molar-refractivity contribution in [2.24, 2.45) is 0 Å². The van der Waals surface area contributed by atoms with Crippen molar-refractivity contribution in [3.8, 4) is 11.5 Å². The number of benzene rings is 1. The first kappa shape index (κ1) is 21.1. The van der Waals surface area contributed by atoms with Crippen LogP contribution >= 0.6 is 24.8 Å². The monoisotopic (exact) mass is 354 g/mol. The Morgan fingerprint density at radius 3 is 2.45 bits per heavy atom. The lowest BCUT2D eigenvalue weighted by atomic mass is 10.2. The molecule has 0 bridgehead atoms. The summed E-state index contributed by atoms with van der Waals surface area (Å²) in [5.41, 5.74) is 6.45. The van der Waals surface area contributed by atoms with Crippen molar-refractivity contribution in [2.45, 2.75) is 19.1 Å². The quantitative estimate of drug-likeness (QED) is 0.830. The van der Waals surface area contributed by atoms with E-state index in [2.05, 4.69) is 4.90 Å². The number of morpholine rings is 1. The topological polar surface area (TPSA) is 88.5 Å². The van der Waals surface area contributed by atoms with Gasteiger partial charge in [-0.3, -0.25) is 4.90 Å². The van der Waals surface area contributed by atoms with Crippen molar-refractivity contribution in [1.29, 1.82) is 0 Å². The molecule has 1 aromatic rings. The van der Waals surface area contributed by atoms with Gasteiger partial charge in [-0.2, -0.15) is 0 Å². The van der Waals surface area contributed by atoms with Gasteiger partial charge in [-0.05, 0) is 12.1 Å². The molecule has 0 radical (unpaired) electrons. The number of nitrogen functional groups attached to an aromatic ring is 1. The maximum Gasteiger partial charge on any atom is 0.250 e. The van der Waals surface area contributed by atoms with E-state index in [-0.39, 0.29) is 30.3 Å². The molecule has 6 nitrogen and oxygen atoms in total. The summed E-state index contributed by atoms with van der Waals surface area (Å²) in [5, 5.41) is 0. The third kappa shape index (κ3) is 4.79. The summed E-state index contributed by atoms with van der Waals surface area (Å²) in [4.78, 5) is 2.37. The Balaban J connectivity index is 0.00000147. The highest BCUT2D eigenvalue weighted by Crippen LogP contribution is 2.41. The van der Waals surface area contributed by atoms with Crippen molar-refractivity contribution in [2.75, 3.05) is 38.6 Å². The van der Waals surface area contributed by atoms with Gasteiger partial charge >= 0.3 is 0 Å². The largest absolute Gasteiger partial charge is 0.449 e. The van der Waals surface area contributed by atoms with Gasteiger partial charge < -0.3 is 25.4 Å². The summed E-state index contributed by atoms with van der Waals surface area (Å²) in [6, 6.07) is 5.51. The molecule has 8 heteroatoms. The van der Waals surface area contributed by atoms with Gasteiger partial charge in [-0.15, -0.1) is 24.8 Å². The molecule has 2 aliphatic heterocycles. The van der Waals surface area contributed by atoms with Crippen molar-refractivity contribution in [3.63, 3.8) is 0 Å². The fourth-order valence-corrected chi connectivity index (χ4v) is 2.46. The number of nitrogens with two attached hydrogens (primary N) is 1. The smallest absolute Gasteiger partial charge is 0.250 e. The molecule has 22 heavy (non-hydrogen) atoms. The molecule has 0 saturated carbocycles. The molecule has 1 saturated heterocycles. The zero-order valence-corrected chi connectivity index (χ0v) is 14.2. The van der Waals surface area contributed by atoms with E-state index >= 15 is 0 Å². The Morgan fingerprint density at radius 1 is 1.14 bits per heavy atom. The Labute approximate surface area is 143 Å². The predicted octanol–water partition coefficient (Wildman–Crippen LogP) is 1.50. The maximum absolute atomic E-state index is 5.91. The lowest BCUT2D eigenvalue weighted by molar-refractivity contribution is -0.0776. The van der Waals surface area contributed by atoms with Crippen LogP contribution in [0.5, 0.6) is 11.5 Å². The zero-order valence-electron chi connectivity index (χ0n) is 12.5. The summed E-state index contributed by atoms with van der Waals surface area (Å²) in [6.07, 6.45) is 0.821. The van der Waals surface area contributed by atoms with E-state index in [9.17, 15) is 0 Å². The molecule has 3 rings (SSSR count). The molecule has 0 amide bonds. The van der Waals surface area contributed by atoms with Crippen LogP contribution in [0.25, 0.3) is 0 Å². The summed E-state index contributed by atoms with van der Waals surface area (Å²) in [5.74, 6) is 0.928. The SMILES string of the molecule is CC1(CCN2CCOCC2)Oc2ccc(N)cc2O1.Cl.Cl.O. The highest BCUT2D eigenvalue weighted by molar-refractivity contribution is 5.85. The van der Waals surface area contributed by atoms with Gasteiger partial charge in [0.1, 0.15) is 0 Å². The van der Waals surface area contributed by atoms with Gasteiger partial charge in [0, 0.05) is 44.7 Å². The van der Waals surface area contributed by atoms with Crippen LogP contribution in [0.2, 0.25) is 0 Å². The second-order valence-electron chi connectivity index (χ2n) is 5.25. The second-order valence-corrected chi connectivity index (χ2v) is 5.25. The summed E-state index contributed by atoms with van der Waals surface area (Å²) in [7, 11) is 0. The number of hydrogen-bond acceptors (Lipinski definition) is 5. The fourth-order valence-electron chi connectivity index (χ4n) is 2.46. The number of nitrogens with zero attached hydrogens (tertiary/aromatic N) is 1. The van der Waals surface area contributed by atoms with E-state index in [4.69, 9.17) is 19.9 Å². The standard InChI is InChI=1S/C14H20N2O3.2ClH.H2O/c1-14(4-5-16-6-8-17-9-7-16)18-12-3-2-11(15)10-13(12)19-14;;;/h2-3,10H,4-9,15H2,1H3;2*1H;1H2. The van der Waals surface area contributed by atoms with Crippen LogP contribution < -0.4 is 15.2 Å².